The van der Waals surface area contributed by atoms with Crippen LogP contribution in [0.5, 0.6) is 0 Å². The van der Waals surface area contributed by atoms with Crippen LogP contribution in [0.3, 0.4) is 0 Å². The minimum absolute atomic E-state index is 0.142. The Morgan fingerprint density at radius 1 is 1.47 bits per heavy atom. The Labute approximate surface area is 110 Å². The standard InChI is InChI=1S/C13H19BrN2O/c14-11-3-4-17-13(11)12(16-15)7-10-6-8-1-2-9(10)5-8/h3-4,8-10,12,16H,1-2,5-7,15H2. The second-order valence-electron chi connectivity index (χ2n) is 5.52. The average Bonchev–Trinajstić information content (AvgIpc) is 3.02. The van der Waals surface area contributed by atoms with Crippen LogP contribution in [0.15, 0.2) is 21.2 Å². The van der Waals surface area contributed by atoms with Crippen molar-refractivity contribution in [2.24, 2.45) is 23.6 Å². The number of furan rings is 1. The predicted molar refractivity (Wildman–Crippen MR) is 70.0 cm³/mol. The largest absolute Gasteiger partial charge is 0.466 e. The molecule has 1 aromatic rings. The van der Waals surface area contributed by atoms with E-state index < -0.39 is 0 Å². The maximum Gasteiger partial charge on any atom is 0.136 e. The van der Waals surface area contributed by atoms with Crippen molar-refractivity contribution >= 4 is 15.9 Å². The number of fused-ring (bicyclic) bond motifs is 2. The SMILES string of the molecule is NNC(CC1CC2CCC1C2)c1occc1Br. The average molecular weight is 299 g/mol. The van der Waals surface area contributed by atoms with Gasteiger partial charge < -0.3 is 4.42 Å². The van der Waals surface area contributed by atoms with Gasteiger partial charge in [0.05, 0.1) is 16.8 Å². The molecular formula is C13H19BrN2O. The van der Waals surface area contributed by atoms with E-state index in [-0.39, 0.29) is 6.04 Å². The van der Waals surface area contributed by atoms with Crippen molar-refractivity contribution in [3.05, 3.63) is 22.6 Å². The molecule has 4 atom stereocenters. The van der Waals surface area contributed by atoms with Gasteiger partial charge in [-0.25, -0.2) is 5.43 Å². The molecule has 1 aromatic heterocycles. The molecule has 3 nitrogen and oxygen atoms in total. The van der Waals surface area contributed by atoms with Gasteiger partial charge in [0.1, 0.15) is 5.76 Å². The normalized spacial score (nSPS) is 33.2. The third kappa shape index (κ3) is 2.18. The van der Waals surface area contributed by atoms with Gasteiger partial charge in [0.2, 0.25) is 0 Å². The fourth-order valence-corrected chi connectivity index (χ4v) is 4.25. The summed E-state index contributed by atoms with van der Waals surface area (Å²) >= 11 is 3.51. The zero-order valence-corrected chi connectivity index (χ0v) is 11.4. The van der Waals surface area contributed by atoms with Gasteiger partial charge in [-0.3, -0.25) is 5.84 Å². The van der Waals surface area contributed by atoms with E-state index in [1.54, 1.807) is 6.26 Å². The van der Waals surface area contributed by atoms with Crippen LogP contribution in [0.25, 0.3) is 0 Å². The van der Waals surface area contributed by atoms with E-state index in [0.717, 1.165) is 34.4 Å². The molecule has 1 heterocycles. The summed E-state index contributed by atoms with van der Waals surface area (Å²) in [5, 5.41) is 0. The van der Waals surface area contributed by atoms with Crippen LogP contribution in [0.4, 0.5) is 0 Å². The second kappa shape index (κ2) is 4.75. The lowest BCUT2D eigenvalue weighted by atomic mass is 9.84. The molecule has 0 aliphatic heterocycles. The molecule has 3 N–H and O–H groups in total. The number of nitrogens with one attached hydrogen (secondary N) is 1. The third-order valence-corrected chi connectivity index (χ3v) is 5.24. The van der Waals surface area contributed by atoms with E-state index in [0.29, 0.717) is 0 Å². The summed E-state index contributed by atoms with van der Waals surface area (Å²) in [5.41, 5.74) is 2.91. The molecule has 2 aliphatic carbocycles. The van der Waals surface area contributed by atoms with E-state index in [2.05, 4.69) is 21.4 Å². The number of hydrogen-bond donors (Lipinski definition) is 2. The highest BCUT2D eigenvalue weighted by molar-refractivity contribution is 9.10. The highest BCUT2D eigenvalue weighted by Crippen LogP contribution is 2.51. The summed E-state index contributed by atoms with van der Waals surface area (Å²) in [6.45, 7) is 0. The van der Waals surface area contributed by atoms with Crippen molar-refractivity contribution in [2.45, 2.75) is 38.1 Å². The predicted octanol–water partition coefficient (Wildman–Crippen LogP) is 3.37. The second-order valence-corrected chi connectivity index (χ2v) is 6.38. The fraction of sp³-hybridized carbons (Fsp3) is 0.692. The van der Waals surface area contributed by atoms with Crippen molar-refractivity contribution in [2.75, 3.05) is 0 Å². The molecule has 2 saturated carbocycles. The van der Waals surface area contributed by atoms with Crippen LogP contribution < -0.4 is 11.3 Å². The Morgan fingerprint density at radius 3 is 2.88 bits per heavy atom. The maximum atomic E-state index is 5.68. The molecule has 3 rings (SSSR count). The smallest absolute Gasteiger partial charge is 0.136 e. The molecule has 94 valence electrons. The Kier molecular flexibility index (Phi) is 3.28. The van der Waals surface area contributed by atoms with Crippen LogP contribution >= 0.6 is 15.9 Å². The molecule has 17 heavy (non-hydrogen) atoms. The highest BCUT2D eigenvalue weighted by Gasteiger charge is 2.40. The van der Waals surface area contributed by atoms with Crippen LogP contribution in [-0.4, -0.2) is 0 Å². The van der Waals surface area contributed by atoms with Gasteiger partial charge in [-0.05, 0) is 65.4 Å². The maximum absolute atomic E-state index is 5.68. The van der Waals surface area contributed by atoms with Crippen molar-refractivity contribution in [1.29, 1.82) is 0 Å². The lowest BCUT2D eigenvalue weighted by Crippen LogP contribution is -2.30. The molecule has 4 unspecified atom stereocenters. The van der Waals surface area contributed by atoms with E-state index in [4.69, 9.17) is 10.3 Å². The lowest BCUT2D eigenvalue weighted by Gasteiger charge is -2.25. The molecule has 2 aliphatic rings. The summed E-state index contributed by atoms with van der Waals surface area (Å²) in [7, 11) is 0. The first kappa shape index (κ1) is 11.8. The van der Waals surface area contributed by atoms with Gasteiger partial charge in [0.25, 0.3) is 0 Å². The summed E-state index contributed by atoms with van der Waals surface area (Å²) in [6.07, 6.45) is 8.52. The van der Waals surface area contributed by atoms with Crippen LogP contribution in [0, 0.1) is 17.8 Å². The first-order valence-electron chi connectivity index (χ1n) is 6.47. The molecule has 0 aromatic carbocycles. The molecule has 2 bridgehead atoms. The zero-order chi connectivity index (χ0) is 11.8. The first-order valence-corrected chi connectivity index (χ1v) is 7.26. The first-order chi connectivity index (χ1) is 8.28. The van der Waals surface area contributed by atoms with Crippen LogP contribution in [0.2, 0.25) is 0 Å². The van der Waals surface area contributed by atoms with Gasteiger partial charge in [-0.1, -0.05) is 6.42 Å². The van der Waals surface area contributed by atoms with Gasteiger partial charge >= 0.3 is 0 Å². The number of halogens is 1. The number of rotatable bonds is 4. The summed E-state index contributed by atoms with van der Waals surface area (Å²) in [6, 6.07) is 2.07. The number of nitrogens with two attached hydrogens (primary N) is 1. The summed E-state index contributed by atoms with van der Waals surface area (Å²) in [4.78, 5) is 0. The molecule has 0 amide bonds. The molecule has 0 spiro atoms. The number of hydrazine groups is 1. The molecule has 4 heteroatoms. The van der Waals surface area contributed by atoms with E-state index in [9.17, 15) is 0 Å². The Balaban J connectivity index is 1.69. The summed E-state index contributed by atoms with van der Waals surface area (Å²) < 4.78 is 6.54. The molecular weight excluding hydrogens is 280 g/mol. The lowest BCUT2D eigenvalue weighted by molar-refractivity contribution is 0.263. The highest BCUT2D eigenvalue weighted by atomic mass is 79.9. The van der Waals surface area contributed by atoms with Crippen molar-refractivity contribution in [3.8, 4) is 0 Å². The van der Waals surface area contributed by atoms with Crippen molar-refractivity contribution < 1.29 is 4.42 Å². The molecule has 0 saturated heterocycles. The van der Waals surface area contributed by atoms with Crippen LogP contribution in [-0.2, 0) is 0 Å². The minimum atomic E-state index is 0.142. The van der Waals surface area contributed by atoms with Gasteiger partial charge in [0, 0.05) is 0 Å². The van der Waals surface area contributed by atoms with Crippen LogP contribution in [0.1, 0.15) is 43.9 Å². The third-order valence-electron chi connectivity index (χ3n) is 4.59. The molecule has 2 fully saturated rings. The fourth-order valence-electron chi connectivity index (χ4n) is 3.77. The van der Waals surface area contributed by atoms with Gasteiger partial charge in [-0.15, -0.1) is 0 Å². The van der Waals surface area contributed by atoms with Crippen molar-refractivity contribution in [3.63, 3.8) is 0 Å². The van der Waals surface area contributed by atoms with Crippen molar-refractivity contribution in [1.82, 2.24) is 5.43 Å². The minimum Gasteiger partial charge on any atom is -0.466 e. The monoisotopic (exact) mass is 298 g/mol. The quantitative estimate of drug-likeness (QED) is 0.662. The van der Waals surface area contributed by atoms with Gasteiger partial charge in [-0.2, -0.15) is 0 Å². The number of hydrogen-bond acceptors (Lipinski definition) is 3. The topological polar surface area (TPSA) is 51.2 Å². The molecule has 0 radical (unpaired) electrons. The zero-order valence-electron chi connectivity index (χ0n) is 9.86. The van der Waals surface area contributed by atoms with Gasteiger partial charge in [0.15, 0.2) is 0 Å². The Bertz CT molecular complexity index is 393. The summed E-state index contributed by atoms with van der Waals surface area (Å²) in [5.74, 6) is 9.37. The van der Waals surface area contributed by atoms with E-state index >= 15 is 0 Å². The van der Waals surface area contributed by atoms with E-state index in [1.165, 1.54) is 25.7 Å². The van der Waals surface area contributed by atoms with E-state index in [1.807, 2.05) is 6.07 Å². The Morgan fingerprint density at radius 2 is 2.35 bits per heavy atom. The Hall–Kier alpha value is -0.320.